The lowest BCUT2D eigenvalue weighted by Crippen LogP contribution is -2.06. The third-order valence-corrected chi connectivity index (χ3v) is 2.21. The molecule has 1 aromatic rings. The summed E-state index contributed by atoms with van der Waals surface area (Å²) in [7, 11) is 1.19. The summed E-state index contributed by atoms with van der Waals surface area (Å²) < 4.78 is 30.4. The predicted octanol–water partition coefficient (Wildman–Crippen LogP) is 2.44. The second-order valence-corrected chi connectivity index (χ2v) is 3.47. The normalized spacial score (nSPS) is 10.0. The molecule has 14 heavy (non-hydrogen) atoms. The van der Waals surface area contributed by atoms with Gasteiger partial charge in [-0.15, -0.1) is 0 Å². The lowest BCUT2D eigenvalue weighted by molar-refractivity contribution is -0.139. The smallest absolute Gasteiger partial charge is 0.310 e. The summed E-state index contributed by atoms with van der Waals surface area (Å²) in [5.41, 5.74) is -0.0243. The van der Waals surface area contributed by atoms with E-state index in [0.717, 1.165) is 12.1 Å². The first-order valence-corrected chi connectivity index (χ1v) is 4.54. The van der Waals surface area contributed by atoms with Crippen molar-refractivity contribution in [2.75, 3.05) is 7.11 Å². The van der Waals surface area contributed by atoms with Gasteiger partial charge in [-0.1, -0.05) is 0 Å². The van der Waals surface area contributed by atoms with Gasteiger partial charge in [0.2, 0.25) is 0 Å². The zero-order chi connectivity index (χ0) is 10.7. The first kappa shape index (κ1) is 11.1. The van der Waals surface area contributed by atoms with Gasteiger partial charge in [0.15, 0.2) is 0 Å². The van der Waals surface area contributed by atoms with Gasteiger partial charge in [0.25, 0.3) is 0 Å². The molecule has 0 aromatic heterocycles. The number of esters is 1. The predicted molar refractivity (Wildman–Crippen MR) is 49.8 cm³/mol. The summed E-state index contributed by atoms with van der Waals surface area (Å²) in [5.74, 6) is -1.85. The molecule has 0 saturated heterocycles. The van der Waals surface area contributed by atoms with Crippen molar-refractivity contribution in [3.05, 3.63) is 33.8 Å². The summed E-state index contributed by atoms with van der Waals surface area (Å²) in [6.07, 6.45) is -0.279. The molecule has 2 nitrogen and oxygen atoms in total. The maximum absolute atomic E-state index is 13.3. The first-order chi connectivity index (χ1) is 6.54. The van der Waals surface area contributed by atoms with Crippen molar-refractivity contribution in [2.45, 2.75) is 6.42 Å². The SMILES string of the molecule is COC(=O)Cc1cc(F)cc(Br)c1F. The number of hydrogen-bond donors (Lipinski definition) is 0. The van der Waals surface area contributed by atoms with E-state index in [1.54, 1.807) is 0 Å². The molecule has 0 fully saturated rings. The Labute approximate surface area is 88.0 Å². The number of hydrogen-bond acceptors (Lipinski definition) is 2. The number of benzene rings is 1. The van der Waals surface area contributed by atoms with Crippen LogP contribution in [0.4, 0.5) is 8.78 Å². The number of carbonyl (C=O) groups is 1. The second kappa shape index (κ2) is 4.50. The minimum absolute atomic E-state index is 0.00333. The van der Waals surface area contributed by atoms with Gasteiger partial charge in [0.05, 0.1) is 18.0 Å². The van der Waals surface area contributed by atoms with Crippen LogP contribution in [0.2, 0.25) is 0 Å². The molecule has 0 heterocycles. The van der Waals surface area contributed by atoms with E-state index in [4.69, 9.17) is 0 Å². The minimum Gasteiger partial charge on any atom is -0.469 e. The van der Waals surface area contributed by atoms with E-state index in [1.807, 2.05) is 0 Å². The molecule has 0 N–H and O–H groups in total. The zero-order valence-corrected chi connectivity index (χ0v) is 8.90. The molecule has 0 aliphatic carbocycles. The van der Waals surface area contributed by atoms with Crippen LogP contribution in [0.5, 0.6) is 0 Å². The third-order valence-electron chi connectivity index (χ3n) is 1.63. The summed E-state index contributed by atoms with van der Waals surface area (Å²) >= 11 is 2.84. The van der Waals surface area contributed by atoms with Crippen molar-refractivity contribution in [3.63, 3.8) is 0 Å². The number of rotatable bonds is 2. The maximum atomic E-state index is 13.3. The lowest BCUT2D eigenvalue weighted by atomic mass is 10.1. The highest BCUT2D eigenvalue weighted by Gasteiger charge is 2.12. The van der Waals surface area contributed by atoms with Crippen molar-refractivity contribution in [1.29, 1.82) is 0 Å². The Hall–Kier alpha value is -0.970. The maximum Gasteiger partial charge on any atom is 0.310 e. The van der Waals surface area contributed by atoms with Crippen LogP contribution < -0.4 is 0 Å². The molecule has 0 spiro atoms. The molecule has 0 aliphatic rings. The Balaban J connectivity index is 3.02. The van der Waals surface area contributed by atoms with Crippen LogP contribution in [0.1, 0.15) is 5.56 Å². The van der Waals surface area contributed by atoms with Gasteiger partial charge in [-0.05, 0) is 28.1 Å². The molecular weight excluding hydrogens is 258 g/mol. The summed E-state index contributed by atoms with van der Waals surface area (Å²) in [5, 5.41) is 0. The Bertz CT molecular complexity index is 366. The van der Waals surface area contributed by atoms with Crippen LogP contribution in [0.3, 0.4) is 0 Å². The Morgan fingerprint density at radius 3 is 2.71 bits per heavy atom. The molecule has 0 bridgehead atoms. The molecule has 1 aromatic carbocycles. The van der Waals surface area contributed by atoms with Crippen molar-refractivity contribution >= 4 is 21.9 Å². The van der Waals surface area contributed by atoms with E-state index in [-0.39, 0.29) is 16.5 Å². The largest absolute Gasteiger partial charge is 0.469 e. The monoisotopic (exact) mass is 264 g/mol. The third kappa shape index (κ3) is 2.51. The van der Waals surface area contributed by atoms with Crippen LogP contribution in [0.25, 0.3) is 0 Å². The van der Waals surface area contributed by atoms with E-state index >= 15 is 0 Å². The number of carbonyl (C=O) groups excluding carboxylic acids is 1. The van der Waals surface area contributed by atoms with Gasteiger partial charge in [-0.25, -0.2) is 8.78 Å². The highest BCUT2D eigenvalue weighted by atomic mass is 79.9. The molecule has 5 heteroatoms. The average Bonchev–Trinajstić information content (AvgIpc) is 2.13. The minimum atomic E-state index is -0.642. The van der Waals surface area contributed by atoms with Gasteiger partial charge >= 0.3 is 5.97 Å². The molecule has 0 saturated carbocycles. The van der Waals surface area contributed by atoms with E-state index in [1.165, 1.54) is 7.11 Å². The molecule has 76 valence electrons. The Morgan fingerprint density at radius 2 is 2.14 bits per heavy atom. The van der Waals surface area contributed by atoms with Gasteiger partial charge in [0, 0.05) is 5.56 Å². The molecule has 0 radical (unpaired) electrons. The number of ether oxygens (including phenoxy) is 1. The highest BCUT2D eigenvalue weighted by Crippen LogP contribution is 2.21. The van der Waals surface area contributed by atoms with Crippen molar-refractivity contribution in [1.82, 2.24) is 0 Å². The fraction of sp³-hybridized carbons (Fsp3) is 0.222. The van der Waals surface area contributed by atoms with E-state index in [0.29, 0.717) is 0 Å². The van der Waals surface area contributed by atoms with Gasteiger partial charge in [0.1, 0.15) is 11.6 Å². The molecule has 0 amide bonds. The van der Waals surface area contributed by atoms with Crippen LogP contribution >= 0.6 is 15.9 Å². The van der Waals surface area contributed by atoms with E-state index in [2.05, 4.69) is 20.7 Å². The van der Waals surface area contributed by atoms with Gasteiger partial charge in [-0.3, -0.25) is 4.79 Å². The molecular formula is C9H7BrF2O2. The van der Waals surface area contributed by atoms with Crippen LogP contribution in [-0.4, -0.2) is 13.1 Å². The van der Waals surface area contributed by atoms with Crippen LogP contribution in [-0.2, 0) is 16.0 Å². The van der Waals surface area contributed by atoms with E-state index in [9.17, 15) is 13.6 Å². The van der Waals surface area contributed by atoms with Gasteiger partial charge in [-0.2, -0.15) is 0 Å². The van der Waals surface area contributed by atoms with Crippen molar-refractivity contribution < 1.29 is 18.3 Å². The molecule has 0 unspecified atom stereocenters. The Morgan fingerprint density at radius 1 is 1.50 bits per heavy atom. The topological polar surface area (TPSA) is 26.3 Å². The second-order valence-electron chi connectivity index (χ2n) is 2.61. The molecule has 0 aliphatic heterocycles. The van der Waals surface area contributed by atoms with Crippen molar-refractivity contribution in [3.8, 4) is 0 Å². The summed E-state index contributed by atoms with van der Waals surface area (Å²) in [6, 6.07) is 1.97. The Kier molecular flexibility index (Phi) is 3.57. The lowest BCUT2D eigenvalue weighted by Gasteiger charge is -2.03. The number of methoxy groups -OCH3 is 1. The highest BCUT2D eigenvalue weighted by molar-refractivity contribution is 9.10. The van der Waals surface area contributed by atoms with Crippen molar-refractivity contribution in [2.24, 2.45) is 0 Å². The summed E-state index contributed by atoms with van der Waals surface area (Å²) in [4.78, 5) is 10.8. The first-order valence-electron chi connectivity index (χ1n) is 3.75. The summed E-state index contributed by atoms with van der Waals surface area (Å²) in [6.45, 7) is 0. The molecule has 0 atom stereocenters. The van der Waals surface area contributed by atoms with Crippen LogP contribution in [0, 0.1) is 11.6 Å². The van der Waals surface area contributed by atoms with Gasteiger partial charge < -0.3 is 4.74 Å². The standard InChI is InChI=1S/C9H7BrF2O2/c1-14-8(13)3-5-2-6(11)4-7(10)9(5)12/h2,4H,3H2,1H3. The number of halogens is 3. The zero-order valence-electron chi connectivity index (χ0n) is 7.31. The van der Waals surface area contributed by atoms with E-state index < -0.39 is 17.6 Å². The fourth-order valence-corrected chi connectivity index (χ4v) is 1.44. The fourth-order valence-electron chi connectivity index (χ4n) is 0.966. The van der Waals surface area contributed by atoms with Crippen LogP contribution in [0.15, 0.2) is 16.6 Å². The average molecular weight is 265 g/mol. The molecule has 1 rings (SSSR count). The quantitative estimate of drug-likeness (QED) is 0.606.